The summed E-state index contributed by atoms with van der Waals surface area (Å²) in [5, 5.41) is 21.5. The van der Waals surface area contributed by atoms with Gasteiger partial charge in [-0.2, -0.15) is 0 Å². The lowest BCUT2D eigenvalue weighted by Gasteiger charge is -2.31. The minimum absolute atomic E-state index is 0.239. The van der Waals surface area contributed by atoms with Crippen LogP contribution in [0.5, 0.6) is 0 Å². The summed E-state index contributed by atoms with van der Waals surface area (Å²) in [5.41, 5.74) is 4.89. The van der Waals surface area contributed by atoms with Gasteiger partial charge in [0.2, 0.25) is 11.8 Å². The number of hydroxylamine groups is 1. The highest BCUT2D eigenvalue weighted by molar-refractivity contribution is 5.87. The average molecular weight is 451 g/mol. The van der Waals surface area contributed by atoms with E-state index in [0.29, 0.717) is 5.69 Å². The highest BCUT2D eigenvalue weighted by Crippen LogP contribution is 2.26. The first-order valence-electron chi connectivity index (χ1n) is 10.8. The summed E-state index contributed by atoms with van der Waals surface area (Å²) in [6, 6.07) is 16.5. The van der Waals surface area contributed by atoms with Crippen LogP contribution in [0.15, 0.2) is 67.1 Å². The van der Waals surface area contributed by atoms with Crippen LogP contribution >= 0.6 is 0 Å². The number of hydrogen-bond donors (Lipinski definition) is 4. The molecule has 174 valence electrons. The van der Waals surface area contributed by atoms with Gasteiger partial charge in [-0.25, -0.2) is 10.5 Å². The van der Waals surface area contributed by atoms with Crippen LogP contribution in [-0.2, 0) is 9.59 Å². The molecule has 0 aliphatic heterocycles. The Labute approximate surface area is 193 Å². The summed E-state index contributed by atoms with van der Waals surface area (Å²) < 4.78 is 1.54. The molecule has 8 nitrogen and oxygen atoms in total. The largest absolute Gasteiger partial charge is 0.394 e. The second kappa shape index (κ2) is 10.4. The molecule has 0 aliphatic carbocycles. The fourth-order valence-electron chi connectivity index (χ4n) is 3.48. The van der Waals surface area contributed by atoms with Crippen LogP contribution < -0.4 is 10.8 Å². The van der Waals surface area contributed by atoms with E-state index in [1.807, 2.05) is 75.4 Å². The van der Waals surface area contributed by atoms with Gasteiger partial charge in [0, 0.05) is 11.8 Å². The van der Waals surface area contributed by atoms with E-state index < -0.39 is 23.9 Å². The van der Waals surface area contributed by atoms with E-state index in [1.54, 1.807) is 16.2 Å². The molecule has 2 atom stereocenters. The standard InChI is InChI=1S/C25H30N4O4/c1-25(2,3)22(15-30)27-24(32)21(13-23(31)28-33)29-14-20(26-16-29)19-11-9-18(10-12-19)17-7-5-4-6-8-17/h4-12,14,16,21-22,30,33H,13,15H2,1-3H3,(H,27,32)(H,28,31)/t21?,22-/m1/s1. The topological polar surface area (TPSA) is 116 Å². The van der Waals surface area contributed by atoms with Crippen LogP contribution in [0.1, 0.15) is 33.2 Å². The Morgan fingerprint density at radius 1 is 1.00 bits per heavy atom. The summed E-state index contributed by atoms with van der Waals surface area (Å²) in [5.74, 6) is -1.15. The summed E-state index contributed by atoms with van der Waals surface area (Å²) in [7, 11) is 0. The Morgan fingerprint density at radius 3 is 2.18 bits per heavy atom. The lowest BCUT2D eigenvalue weighted by atomic mass is 9.87. The number of carbonyl (C=O) groups excluding carboxylic acids is 2. The van der Waals surface area contributed by atoms with E-state index in [0.717, 1.165) is 16.7 Å². The van der Waals surface area contributed by atoms with E-state index >= 15 is 0 Å². The maximum absolute atomic E-state index is 13.0. The van der Waals surface area contributed by atoms with Gasteiger partial charge in [0.25, 0.3) is 0 Å². The maximum atomic E-state index is 13.0. The Hall–Kier alpha value is -3.49. The van der Waals surface area contributed by atoms with Crippen molar-refractivity contribution >= 4 is 11.8 Å². The SMILES string of the molecule is CC(C)(C)[C@@H](CO)NC(=O)C(CC(=O)NO)n1cnc(-c2ccc(-c3ccccc3)cc2)c1. The third-order valence-corrected chi connectivity index (χ3v) is 5.60. The summed E-state index contributed by atoms with van der Waals surface area (Å²) in [4.78, 5) is 29.3. The second-order valence-electron chi connectivity index (χ2n) is 9.01. The zero-order valence-electron chi connectivity index (χ0n) is 19.0. The van der Waals surface area contributed by atoms with Crippen molar-refractivity contribution in [2.45, 2.75) is 39.3 Å². The average Bonchev–Trinajstić information content (AvgIpc) is 3.30. The van der Waals surface area contributed by atoms with Gasteiger partial charge in [0.1, 0.15) is 6.04 Å². The van der Waals surface area contributed by atoms with Gasteiger partial charge in [0.15, 0.2) is 0 Å². The number of hydrogen-bond acceptors (Lipinski definition) is 5. The lowest BCUT2D eigenvalue weighted by molar-refractivity contribution is -0.135. The number of aliphatic hydroxyl groups excluding tert-OH is 1. The molecule has 1 unspecified atom stereocenters. The van der Waals surface area contributed by atoms with Crippen LogP contribution in [0.3, 0.4) is 0 Å². The van der Waals surface area contributed by atoms with E-state index in [2.05, 4.69) is 10.3 Å². The van der Waals surface area contributed by atoms with E-state index in [9.17, 15) is 14.7 Å². The van der Waals surface area contributed by atoms with Gasteiger partial charge in [-0.3, -0.25) is 14.8 Å². The van der Waals surface area contributed by atoms with E-state index in [1.165, 1.54) is 6.33 Å². The summed E-state index contributed by atoms with van der Waals surface area (Å²) in [6.45, 7) is 5.46. The van der Waals surface area contributed by atoms with Crippen molar-refractivity contribution in [1.82, 2.24) is 20.3 Å². The fraction of sp³-hybridized carbons (Fsp3) is 0.320. The monoisotopic (exact) mass is 450 g/mol. The predicted molar refractivity (Wildman–Crippen MR) is 125 cm³/mol. The van der Waals surface area contributed by atoms with Crippen molar-refractivity contribution in [3.8, 4) is 22.4 Å². The highest BCUT2D eigenvalue weighted by atomic mass is 16.5. The molecule has 0 saturated heterocycles. The van der Waals surface area contributed by atoms with E-state index in [-0.39, 0.29) is 18.4 Å². The molecule has 2 aromatic carbocycles. The van der Waals surface area contributed by atoms with Crippen molar-refractivity contribution in [3.05, 3.63) is 67.1 Å². The molecule has 0 spiro atoms. The quantitative estimate of drug-likeness (QED) is 0.311. The van der Waals surface area contributed by atoms with Crippen LogP contribution in [0.25, 0.3) is 22.4 Å². The number of nitrogens with zero attached hydrogens (tertiary/aromatic N) is 2. The van der Waals surface area contributed by atoms with Gasteiger partial charge in [0.05, 0.1) is 31.1 Å². The summed E-state index contributed by atoms with van der Waals surface area (Å²) >= 11 is 0. The minimum Gasteiger partial charge on any atom is -0.394 e. The first kappa shape index (κ1) is 24.2. The van der Waals surface area contributed by atoms with Crippen molar-refractivity contribution < 1.29 is 19.9 Å². The first-order valence-corrected chi connectivity index (χ1v) is 10.8. The van der Waals surface area contributed by atoms with Gasteiger partial charge in [-0.05, 0) is 16.5 Å². The third-order valence-electron chi connectivity index (χ3n) is 5.60. The molecule has 8 heteroatoms. The van der Waals surface area contributed by atoms with Crippen LogP contribution in [0.2, 0.25) is 0 Å². The first-order chi connectivity index (χ1) is 15.7. The molecule has 1 aromatic heterocycles. The van der Waals surface area contributed by atoms with Crippen LogP contribution in [0.4, 0.5) is 0 Å². The normalized spacial score (nSPS) is 13.2. The number of carbonyl (C=O) groups is 2. The van der Waals surface area contributed by atoms with E-state index in [4.69, 9.17) is 5.21 Å². The Balaban J connectivity index is 1.84. The van der Waals surface area contributed by atoms with Crippen molar-refractivity contribution in [2.75, 3.05) is 6.61 Å². The van der Waals surface area contributed by atoms with Gasteiger partial charge < -0.3 is 15.0 Å². The minimum atomic E-state index is -0.946. The molecule has 4 N–H and O–H groups in total. The number of imidazole rings is 1. The Morgan fingerprint density at radius 2 is 1.61 bits per heavy atom. The zero-order valence-corrected chi connectivity index (χ0v) is 19.0. The number of benzene rings is 2. The summed E-state index contributed by atoms with van der Waals surface area (Å²) in [6.07, 6.45) is 2.89. The molecule has 0 radical (unpaired) electrons. The smallest absolute Gasteiger partial charge is 0.245 e. The number of nitrogens with one attached hydrogen (secondary N) is 2. The molecular weight excluding hydrogens is 420 g/mol. The maximum Gasteiger partial charge on any atom is 0.245 e. The number of aliphatic hydroxyl groups is 1. The van der Waals surface area contributed by atoms with Crippen LogP contribution in [-0.4, -0.2) is 44.3 Å². The third kappa shape index (κ3) is 6.06. The number of aromatic nitrogens is 2. The zero-order chi connectivity index (χ0) is 24.0. The highest BCUT2D eigenvalue weighted by Gasteiger charge is 2.30. The van der Waals surface area contributed by atoms with Gasteiger partial charge in [-0.15, -0.1) is 0 Å². The van der Waals surface area contributed by atoms with Gasteiger partial charge >= 0.3 is 0 Å². The molecule has 0 saturated carbocycles. The lowest BCUT2D eigenvalue weighted by Crippen LogP contribution is -2.49. The van der Waals surface area contributed by atoms with Crippen molar-refractivity contribution in [1.29, 1.82) is 0 Å². The number of rotatable bonds is 8. The molecule has 0 fully saturated rings. The fourth-order valence-corrected chi connectivity index (χ4v) is 3.48. The van der Waals surface area contributed by atoms with Crippen LogP contribution in [0, 0.1) is 5.41 Å². The molecule has 0 aliphatic rings. The molecule has 33 heavy (non-hydrogen) atoms. The van der Waals surface area contributed by atoms with Crippen molar-refractivity contribution in [3.63, 3.8) is 0 Å². The second-order valence-corrected chi connectivity index (χ2v) is 9.01. The Kier molecular flexibility index (Phi) is 7.63. The molecular formula is C25H30N4O4. The molecule has 2 amide bonds. The Bertz CT molecular complexity index is 1070. The molecule has 1 heterocycles. The molecule has 0 bridgehead atoms. The van der Waals surface area contributed by atoms with Crippen molar-refractivity contribution in [2.24, 2.45) is 5.41 Å². The molecule has 3 rings (SSSR count). The van der Waals surface area contributed by atoms with Gasteiger partial charge in [-0.1, -0.05) is 75.4 Å². The number of amides is 2. The molecule has 3 aromatic rings. The predicted octanol–water partition coefficient (Wildman–Crippen LogP) is 3.18.